The molecule has 8 heteroatoms. The number of amides is 1. The zero-order valence-corrected chi connectivity index (χ0v) is 19.6. The molecule has 0 spiro atoms. The first-order valence-corrected chi connectivity index (χ1v) is 11.7. The van der Waals surface area contributed by atoms with Crippen molar-refractivity contribution in [2.75, 3.05) is 20.2 Å². The molecule has 3 heterocycles. The number of benzene rings is 2. The van der Waals surface area contributed by atoms with Gasteiger partial charge >= 0.3 is 0 Å². The van der Waals surface area contributed by atoms with E-state index in [1.165, 1.54) is 0 Å². The zero-order valence-electron chi connectivity index (χ0n) is 19.6. The van der Waals surface area contributed by atoms with Crippen LogP contribution in [-0.2, 0) is 6.54 Å². The highest BCUT2D eigenvalue weighted by Gasteiger charge is 2.29. The standard InChI is InChI=1S/C27H27N5O3/c1-34-23-9-2-3-10-24(23)35-26-25(29-11-12-30-26)22-8-5-14-32(18-22)27(33)21-7-4-6-20(16-21)17-31-15-13-28-19-31/h2-4,6-7,9-13,15-16,19,22H,5,8,14,17-18H2,1H3/t22-/m0/s1. The number of rotatable bonds is 7. The monoisotopic (exact) mass is 469 g/mol. The Morgan fingerprint density at radius 2 is 1.91 bits per heavy atom. The van der Waals surface area contributed by atoms with E-state index in [1.54, 1.807) is 32.0 Å². The van der Waals surface area contributed by atoms with Gasteiger partial charge in [-0.25, -0.2) is 9.97 Å². The van der Waals surface area contributed by atoms with Gasteiger partial charge in [0.2, 0.25) is 5.88 Å². The van der Waals surface area contributed by atoms with Crippen LogP contribution in [-0.4, -0.2) is 50.5 Å². The van der Waals surface area contributed by atoms with Crippen molar-refractivity contribution in [3.8, 4) is 17.4 Å². The normalized spacial score (nSPS) is 15.6. The Labute approximate surface area is 204 Å². The van der Waals surface area contributed by atoms with Gasteiger partial charge in [-0.15, -0.1) is 0 Å². The van der Waals surface area contributed by atoms with Crippen molar-refractivity contribution in [2.24, 2.45) is 0 Å². The molecule has 1 atom stereocenters. The summed E-state index contributed by atoms with van der Waals surface area (Å²) in [6.07, 6.45) is 10.5. The van der Waals surface area contributed by atoms with Crippen LogP contribution in [0.1, 0.15) is 40.4 Å². The topological polar surface area (TPSA) is 82.4 Å². The minimum absolute atomic E-state index is 0.0262. The molecule has 0 unspecified atom stereocenters. The van der Waals surface area contributed by atoms with Gasteiger partial charge in [0, 0.05) is 55.9 Å². The molecule has 2 aromatic carbocycles. The van der Waals surface area contributed by atoms with Gasteiger partial charge in [-0.05, 0) is 42.7 Å². The van der Waals surface area contributed by atoms with Crippen LogP contribution in [0.4, 0.5) is 0 Å². The van der Waals surface area contributed by atoms with Crippen LogP contribution < -0.4 is 9.47 Å². The molecule has 35 heavy (non-hydrogen) atoms. The molecule has 1 amide bonds. The number of nitrogens with zero attached hydrogens (tertiary/aromatic N) is 5. The second-order valence-electron chi connectivity index (χ2n) is 8.53. The highest BCUT2D eigenvalue weighted by atomic mass is 16.5. The van der Waals surface area contributed by atoms with Gasteiger partial charge in [0.25, 0.3) is 5.91 Å². The lowest BCUT2D eigenvalue weighted by atomic mass is 9.94. The van der Waals surface area contributed by atoms with Gasteiger partial charge in [0.05, 0.1) is 13.4 Å². The fourth-order valence-electron chi connectivity index (χ4n) is 4.46. The third-order valence-electron chi connectivity index (χ3n) is 6.16. The van der Waals surface area contributed by atoms with Crippen molar-refractivity contribution in [2.45, 2.75) is 25.3 Å². The molecule has 0 radical (unpaired) electrons. The Kier molecular flexibility index (Phi) is 6.70. The summed E-state index contributed by atoms with van der Waals surface area (Å²) in [7, 11) is 1.61. The van der Waals surface area contributed by atoms with Crippen molar-refractivity contribution >= 4 is 5.91 Å². The van der Waals surface area contributed by atoms with Gasteiger partial charge in [-0.1, -0.05) is 24.3 Å². The van der Waals surface area contributed by atoms with E-state index in [9.17, 15) is 4.79 Å². The number of para-hydroxylation sites is 2. The number of carbonyl (C=O) groups excluding carboxylic acids is 1. The summed E-state index contributed by atoms with van der Waals surface area (Å²) in [4.78, 5) is 28.5. The molecule has 1 aliphatic rings. The molecule has 0 N–H and O–H groups in total. The molecule has 0 aliphatic carbocycles. The number of imidazole rings is 1. The lowest BCUT2D eigenvalue weighted by Crippen LogP contribution is -2.39. The van der Waals surface area contributed by atoms with Crippen molar-refractivity contribution in [3.05, 3.63) is 96.5 Å². The summed E-state index contributed by atoms with van der Waals surface area (Å²) in [5.41, 5.74) is 2.50. The molecule has 1 aliphatic heterocycles. The SMILES string of the molecule is COc1ccccc1Oc1nccnc1[C@H]1CCCN(C(=O)c2cccc(Cn3ccnc3)c2)C1. The largest absolute Gasteiger partial charge is 0.493 e. The molecule has 0 saturated carbocycles. The number of carbonyl (C=O) groups is 1. The third kappa shape index (κ3) is 5.16. The molecule has 178 valence electrons. The fourth-order valence-corrected chi connectivity index (χ4v) is 4.46. The molecule has 8 nitrogen and oxygen atoms in total. The average Bonchev–Trinajstić information content (AvgIpc) is 3.42. The van der Waals surface area contributed by atoms with Crippen LogP contribution in [0.15, 0.2) is 79.6 Å². The summed E-state index contributed by atoms with van der Waals surface area (Å²) < 4.78 is 13.5. The van der Waals surface area contributed by atoms with Crippen molar-refractivity contribution in [3.63, 3.8) is 0 Å². The summed E-state index contributed by atoms with van der Waals surface area (Å²) in [6.45, 7) is 1.95. The fraction of sp³-hybridized carbons (Fsp3) is 0.259. The van der Waals surface area contributed by atoms with Gasteiger partial charge in [0.15, 0.2) is 11.5 Å². The quantitative estimate of drug-likeness (QED) is 0.395. The van der Waals surface area contributed by atoms with Crippen LogP contribution in [0.25, 0.3) is 0 Å². The highest BCUT2D eigenvalue weighted by molar-refractivity contribution is 5.94. The predicted octanol–water partition coefficient (Wildman–Crippen LogP) is 4.54. The van der Waals surface area contributed by atoms with E-state index in [2.05, 4.69) is 15.0 Å². The molecule has 4 aromatic rings. The first-order valence-electron chi connectivity index (χ1n) is 11.7. The summed E-state index contributed by atoms with van der Waals surface area (Å²) in [5.74, 6) is 1.70. The Morgan fingerprint density at radius 3 is 2.74 bits per heavy atom. The maximum Gasteiger partial charge on any atom is 0.253 e. The number of hydrogen-bond acceptors (Lipinski definition) is 6. The molecule has 5 rings (SSSR count). The van der Waals surface area contributed by atoms with Crippen LogP contribution in [0, 0.1) is 0 Å². The number of piperidine rings is 1. The van der Waals surface area contributed by atoms with E-state index in [0.29, 0.717) is 42.6 Å². The number of methoxy groups -OCH3 is 1. The molecular formula is C27H27N5O3. The first kappa shape index (κ1) is 22.6. The smallest absolute Gasteiger partial charge is 0.253 e. The van der Waals surface area contributed by atoms with E-state index in [-0.39, 0.29) is 11.8 Å². The Morgan fingerprint density at radius 1 is 1.06 bits per heavy atom. The number of likely N-dealkylation sites (tertiary alicyclic amines) is 1. The van der Waals surface area contributed by atoms with Crippen molar-refractivity contribution in [1.82, 2.24) is 24.4 Å². The second kappa shape index (κ2) is 10.4. The highest BCUT2D eigenvalue weighted by Crippen LogP contribution is 2.36. The van der Waals surface area contributed by atoms with E-state index >= 15 is 0 Å². The third-order valence-corrected chi connectivity index (χ3v) is 6.16. The van der Waals surface area contributed by atoms with Gasteiger partial charge in [-0.2, -0.15) is 0 Å². The Bertz CT molecular complexity index is 1290. The number of aromatic nitrogens is 4. The number of ether oxygens (including phenoxy) is 2. The van der Waals surface area contributed by atoms with E-state index in [4.69, 9.17) is 9.47 Å². The maximum atomic E-state index is 13.4. The van der Waals surface area contributed by atoms with Gasteiger partial charge < -0.3 is 18.9 Å². The molecule has 0 bridgehead atoms. The predicted molar refractivity (Wildman–Crippen MR) is 131 cm³/mol. The first-order chi connectivity index (χ1) is 17.2. The minimum atomic E-state index is 0.0262. The Balaban J connectivity index is 1.33. The molecule has 1 saturated heterocycles. The molecule has 1 fully saturated rings. The zero-order chi connectivity index (χ0) is 24.0. The van der Waals surface area contributed by atoms with Crippen molar-refractivity contribution in [1.29, 1.82) is 0 Å². The lowest BCUT2D eigenvalue weighted by molar-refractivity contribution is 0.0704. The summed E-state index contributed by atoms with van der Waals surface area (Å²) in [6, 6.07) is 15.2. The molecular weight excluding hydrogens is 442 g/mol. The van der Waals surface area contributed by atoms with Crippen LogP contribution in [0.5, 0.6) is 17.4 Å². The maximum absolute atomic E-state index is 13.4. The average molecular weight is 470 g/mol. The number of hydrogen-bond donors (Lipinski definition) is 0. The second-order valence-corrected chi connectivity index (χ2v) is 8.53. The summed E-state index contributed by atoms with van der Waals surface area (Å²) >= 11 is 0. The Hall–Kier alpha value is -4.20. The summed E-state index contributed by atoms with van der Waals surface area (Å²) in [5, 5.41) is 0. The van der Waals surface area contributed by atoms with E-state index < -0.39 is 0 Å². The van der Waals surface area contributed by atoms with E-state index in [1.807, 2.05) is 64.2 Å². The molecule has 2 aromatic heterocycles. The van der Waals surface area contributed by atoms with Crippen LogP contribution in [0.2, 0.25) is 0 Å². The lowest BCUT2D eigenvalue weighted by Gasteiger charge is -2.33. The minimum Gasteiger partial charge on any atom is -0.493 e. The van der Waals surface area contributed by atoms with Crippen LogP contribution >= 0.6 is 0 Å². The van der Waals surface area contributed by atoms with Crippen LogP contribution in [0.3, 0.4) is 0 Å². The van der Waals surface area contributed by atoms with Gasteiger partial charge in [0.1, 0.15) is 5.69 Å². The van der Waals surface area contributed by atoms with Crippen molar-refractivity contribution < 1.29 is 14.3 Å². The van der Waals surface area contributed by atoms with Gasteiger partial charge in [-0.3, -0.25) is 9.78 Å². The van der Waals surface area contributed by atoms with E-state index in [0.717, 1.165) is 24.1 Å².